The zero-order chi connectivity index (χ0) is 13.3. The number of rotatable bonds is 3. The van der Waals surface area contributed by atoms with Gasteiger partial charge in [0, 0.05) is 18.1 Å². The Labute approximate surface area is 110 Å². The molecule has 1 aromatic carbocycles. The van der Waals surface area contributed by atoms with Crippen LogP contribution >= 0.6 is 11.6 Å². The Kier molecular flexibility index (Phi) is 3.61. The molecule has 0 amide bonds. The lowest BCUT2D eigenvalue weighted by Crippen LogP contribution is -2.25. The van der Waals surface area contributed by atoms with Crippen molar-refractivity contribution < 1.29 is 18.3 Å². The van der Waals surface area contributed by atoms with Crippen LogP contribution in [0.1, 0.15) is 22.3 Å². The highest BCUT2D eigenvalue weighted by molar-refractivity contribution is 7.89. The predicted octanol–water partition coefficient (Wildman–Crippen LogP) is 1.57. The number of carbonyl (C=O) groups is 1. The monoisotopic (exact) mass is 289 g/mol. The van der Waals surface area contributed by atoms with E-state index in [1.807, 2.05) is 0 Å². The van der Waals surface area contributed by atoms with Crippen LogP contribution in [0.25, 0.3) is 0 Å². The van der Waals surface area contributed by atoms with E-state index in [0.717, 1.165) is 0 Å². The van der Waals surface area contributed by atoms with Crippen molar-refractivity contribution in [2.45, 2.75) is 13.0 Å². The number of aromatic carboxylic acids is 1. The first kappa shape index (κ1) is 13.3. The molecule has 5 nitrogen and oxygen atoms in total. The van der Waals surface area contributed by atoms with Crippen molar-refractivity contribution in [3.05, 3.63) is 34.3 Å². The van der Waals surface area contributed by atoms with Gasteiger partial charge in [0.2, 0.25) is 10.0 Å². The van der Waals surface area contributed by atoms with Gasteiger partial charge in [-0.25, -0.2) is 13.2 Å². The largest absolute Gasteiger partial charge is 0.478 e. The van der Waals surface area contributed by atoms with E-state index >= 15 is 0 Å². The van der Waals surface area contributed by atoms with Crippen LogP contribution in [0.5, 0.6) is 0 Å². The minimum absolute atomic E-state index is 0.0640. The summed E-state index contributed by atoms with van der Waals surface area (Å²) in [5.74, 6) is -0.928. The van der Waals surface area contributed by atoms with Crippen LogP contribution in [0, 0.1) is 0 Å². The molecule has 7 heteroatoms. The molecule has 1 aromatic rings. The number of hydrogen-bond acceptors (Lipinski definition) is 3. The molecule has 0 saturated carbocycles. The topological polar surface area (TPSA) is 74.7 Å². The lowest BCUT2D eigenvalue weighted by Gasteiger charge is -2.14. The Morgan fingerprint density at radius 1 is 1.39 bits per heavy atom. The average molecular weight is 290 g/mol. The van der Waals surface area contributed by atoms with Crippen molar-refractivity contribution in [3.63, 3.8) is 0 Å². The van der Waals surface area contributed by atoms with Crippen LogP contribution < -0.4 is 0 Å². The Bertz CT molecular complexity index is 585. The molecule has 2 rings (SSSR count). The van der Waals surface area contributed by atoms with Gasteiger partial charge in [-0.05, 0) is 30.2 Å². The minimum Gasteiger partial charge on any atom is -0.478 e. The Morgan fingerprint density at radius 2 is 2.11 bits per heavy atom. The second kappa shape index (κ2) is 4.87. The quantitative estimate of drug-likeness (QED) is 0.916. The molecule has 1 N–H and O–H groups in total. The molecule has 0 radical (unpaired) electrons. The number of benzene rings is 1. The molecule has 0 atom stereocenters. The zero-order valence-electron chi connectivity index (χ0n) is 9.47. The SMILES string of the molecule is O=C(O)c1cc(Cl)cc(CN2CCCS2(=O)=O)c1. The summed E-state index contributed by atoms with van der Waals surface area (Å²) in [5.41, 5.74) is 0.652. The summed E-state index contributed by atoms with van der Waals surface area (Å²) in [7, 11) is -3.19. The fourth-order valence-corrected chi connectivity index (χ4v) is 3.70. The molecular weight excluding hydrogens is 278 g/mol. The van der Waals surface area contributed by atoms with E-state index in [-0.39, 0.29) is 17.9 Å². The third-order valence-electron chi connectivity index (χ3n) is 2.77. The number of sulfonamides is 1. The summed E-state index contributed by atoms with van der Waals surface area (Å²) in [6, 6.07) is 4.37. The van der Waals surface area contributed by atoms with Gasteiger partial charge in [0.15, 0.2) is 0 Å². The zero-order valence-corrected chi connectivity index (χ0v) is 11.0. The Balaban J connectivity index is 2.27. The normalized spacial score (nSPS) is 18.9. The third kappa shape index (κ3) is 2.82. The molecule has 0 bridgehead atoms. The van der Waals surface area contributed by atoms with Gasteiger partial charge in [-0.3, -0.25) is 0 Å². The van der Waals surface area contributed by atoms with Gasteiger partial charge >= 0.3 is 5.97 Å². The summed E-state index contributed by atoms with van der Waals surface area (Å²) in [6.45, 7) is 0.639. The van der Waals surface area contributed by atoms with Crippen molar-refractivity contribution in [1.29, 1.82) is 0 Å². The molecule has 18 heavy (non-hydrogen) atoms. The lowest BCUT2D eigenvalue weighted by atomic mass is 10.1. The number of halogens is 1. The lowest BCUT2D eigenvalue weighted by molar-refractivity contribution is 0.0696. The minimum atomic E-state index is -3.19. The smallest absolute Gasteiger partial charge is 0.335 e. The Hall–Kier alpha value is -1.11. The molecule has 98 valence electrons. The summed E-state index contributed by atoms with van der Waals surface area (Å²) in [6.07, 6.45) is 0.606. The summed E-state index contributed by atoms with van der Waals surface area (Å²) in [5, 5.41) is 9.20. The number of carboxylic acid groups (broad SMARTS) is 1. The van der Waals surface area contributed by atoms with Crippen molar-refractivity contribution in [3.8, 4) is 0 Å². The fourth-order valence-electron chi connectivity index (χ4n) is 1.94. The maximum absolute atomic E-state index is 11.6. The van der Waals surface area contributed by atoms with Crippen LogP contribution in [0.15, 0.2) is 18.2 Å². The molecule has 1 fully saturated rings. The summed E-state index contributed by atoms with van der Waals surface area (Å²) < 4.78 is 24.6. The number of hydrogen-bond donors (Lipinski definition) is 1. The van der Waals surface area contributed by atoms with Crippen LogP contribution in [-0.4, -0.2) is 36.1 Å². The van der Waals surface area contributed by atoms with E-state index in [4.69, 9.17) is 16.7 Å². The highest BCUT2D eigenvalue weighted by Gasteiger charge is 2.28. The Morgan fingerprint density at radius 3 is 2.67 bits per heavy atom. The van der Waals surface area contributed by atoms with Gasteiger partial charge in [0.05, 0.1) is 11.3 Å². The van der Waals surface area contributed by atoms with Gasteiger partial charge in [0.25, 0.3) is 0 Å². The van der Waals surface area contributed by atoms with E-state index in [9.17, 15) is 13.2 Å². The molecule has 1 heterocycles. The first-order valence-corrected chi connectivity index (χ1v) is 7.38. The second-order valence-electron chi connectivity index (χ2n) is 4.16. The molecule has 0 aromatic heterocycles. The van der Waals surface area contributed by atoms with Gasteiger partial charge in [0.1, 0.15) is 0 Å². The molecule has 0 spiro atoms. The number of carboxylic acids is 1. The number of nitrogens with zero attached hydrogens (tertiary/aromatic N) is 1. The summed E-state index contributed by atoms with van der Waals surface area (Å²) >= 11 is 5.82. The van der Waals surface area contributed by atoms with E-state index in [0.29, 0.717) is 23.6 Å². The van der Waals surface area contributed by atoms with Gasteiger partial charge in [-0.2, -0.15) is 4.31 Å². The van der Waals surface area contributed by atoms with E-state index < -0.39 is 16.0 Å². The first-order valence-electron chi connectivity index (χ1n) is 5.39. The molecule has 0 unspecified atom stereocenters. The van der Waals surface area contributed by atoms with Crippen LogP contribution in [0.4, 0.5) is 0 Å². The van der Waals surface area contributed by atoms with Gasteiger partial charge in [-0.1, -0.05) is 11.6 Å². The highest BCUT2D eigenvalue weighted by atomic mass is 35.5. The van der Waals surface area contributed by atoms with Gasteiger partial charge in [-0.15, -0.1) is 0 Å². The van der Waals surface area contributed by atoms with Crippen molar-refractivity contribution in [2.75, 3.05) is 12.3 Å². The van der Waals surface area contributed by atoms with Crippen molar-refractivity contribution in [2.24, 2.45) is 0 Å². The van der Waals surface area contributed by atoms with E-state index in [1.165, 1.54) is 16.4 Å². The van der Waals surface area contributed by atoms with Crippen molar-refractivity contribution in [1.82, 2.24) is 4.31 Å². The molecule has 1 aliphatic rings. The van der Waals surface area contributed by atoms with Crippen LogP contribution in [-0.2, 0) is 16.6 Å². The third-order valence-corrected chi connectivity index (χ3v) is 4.89. The van der Waals surface area contributed by atoms with Crippen LogP contribution in [0.3, 0.4) is 0 Å². The molecule has 1 saturated heterocycles. The molecular formula is C11H12ClNO4S. The van der Waals surface area contributed by atoms with E-state index in [2.05, 4.69) is 0 Å². The van der Waals surface area contributed by atoms with Gasteiger partial charge < -0.3 is 5.11 Å². The van der Waals surface area contributed by atoms with E-state index in [1.54, 1.807) is 6.07 Å². The molecule has 1 aliphatic heterocycles. The molecule has 0 aliphatic carbocycles. The maximum Gasteiger partial charge on any atom is 0.335 e. The first-order chi connectivity index (χ1) is 8.38. The second-order valence-corrected chi connectivity index (χ2v) is 6.68. The summed E-state index contributed by atoms with van der Waals surface area (Å²) in [4.78, 5) is 10.9. The highest BCUT2D eigenvalue weighted by Crippen LogP contribution is 2.21. The predicted molar refractivity (Wildman–Crippen MR) is 67.2 cm³/mol. The fraction of sp³-hybridized carbons (Fsp3) is 0.364. The maximum atomic E-state index is 11.6. The van der Waals surface area contributed by atoms with Crippen molar-refractivity contribution >= 4 is 27.6 Å². The average Bonchev–Trinajstić information content (AvgIpc) is 2.57. The standard InChI is InChI=1S/C11H12ClNO4S/c12-10-5-8(4-9(6-10)11(14)15)7-13-2-1-3-18(13,16)17/h4-6H,1-3,7H2,(H,14,15). The van der Waals surface area contributed by atoms with Crippen LogP contribution in [0.2, 0.25) is 5.02 Å².